The molecule has 0 atom stereocenters. The number of imidazole rings is 1. The van der Waals surface area contributed by atoms with Gasteiger partial charge in [0.25, 0.3) is 0 Å². The van der Waals surface area contributed by atoms with E-state index in [1.807, 2.05) is 24.4 Å². The first-order valence-electron chi connectivity index (χ1n) is 8.32. The first-order valence-corrected chi connectivity index (χ1v) is 8.32. The lowest BCUT2D eigenvalue weighted by atomic mass is 9.71. The molecule has 4 rings (SSSR count). The molecule has 3 nitrogen and oxygen atoms in total. The molecule has 3 aromatic rings. The number of aromatic nitrogens is 2. The molecule has 0 radical (unpaired) electrons. The Morgan fingerprint density at radius 1 is 1.04 bits per heavy atom. The van der Waals surface area contributed by atoms with E-state index in [4.69, 9.17) is 0 Å². The van der Waals surface area contributed by atoms with E-state index >= 15 is 0 Å². The number of piperidine rings is 1. The lowest BCUT2D eigenvalue weighted by molar-refractivity contribution is -0.137. The van der Waals surface area contributed by atoms with Gasteiger partial charge in [-0.3, -0.25) is 0 Å². The quantitative estimate of drug-likeness (QED) is 0.760. The predicted octanol–water partition coefficient (Wildman–Crippen LogP) is 4.02. The number of rotatable bonds is 2. The van der Waals surface area contributed by atoms with Crippen LogP contribution in [0.3, 0.4) is 0 Å². The Kier molecular flexibility index (Phi) is 3.80. The predicted molar refractivity (Wildman–Crippen MR) is 89.5 cm³/mol. The molecule has 1 N–H and O–H groups in total. The van der Waals surface area contributed by atoms with Crippen molar-refractivity contribution in [2.75, 3.05) is 13.1 Å². The summed E-state index contributed by atoms with van der Waals surface area (Å²) in [7, 11) is 0. The number of pyridine rings is 1. The van der Waals surface area contributed by atoms with Gasteiger partial charge < -0.3 is 9.72 Å². The summed E-state index contributed by atoms with van der Waals surface area (Å²) in [5.41, 5.74) is 1.39. The van der Waals surface area contributed by atoms with Gasteiger partial charge in [0, 0.05) is 17.8 Å². The van der Waals surface area contributed by atoms with Crippen molar-refractivity contribution in [1.29, 1.82) is 0 Å². The lowest BCUT2D eigenvalue weighted by Crippen LogP contribution is -2.41. The maximum Gasteiger partial charge on any atom is 0.416 e. The molecule has 3 heterocycles. The van der Waals surface area contributed by atoms with Crippen LogP contribution in [0.4, 0.5) is 13.2 Å². The Balaban J connectivity index is 1.85. The molecule has 2 aromatic heterocycles. The van der Waals surface area contributed by atoms with E-state index in [2.05, 4.69) is 22.4 Å². The van der Waals surface area contributed by atoms with Crippen LogP contribution in [0.5, 0.6) is 0 Å². The highest BCUT2D eigenvalue weighted by Gasteiger charge is 2.38. The summed E-state index contributed by atoms with van der Waals surface area (Å²) in [4.78, 5) is 4.59. The molecule has 6 heteroatoms. The van der Waals surface area contributed by atoms with Crippen molar-refractivity contribution < 1.29 is 13.2 Å². The summed E-state index contributed by atoms with van der Waals surface area (Å²) in [6.07, 6.45) is 0.683. The van der Waals surface area contributed by atoms with Gasteiger partial charge in [0.1, 0.15) is 5.65 Å². The molecule has 1 aromatic carbocycles. The fourth-order valence-electron chi connectivity index (χ4n) is 3.69. The molecule has 0 amide bonds. The summed E-state index contributed by atoms with van der Waals surface area (Å²) < 4.78 is 40.6. The molecule has 0 aliphatic carbocycles. The van der Waals surface area contributed by atoms with Crippen LogP contribution in [-0.2, 0) is 11.6 Å². The average Bonchev–Trinajstić information content (AvgIpc) is 3.06. The van der Waals surface area contributed by atoms with Crippen LogP contribution in [0.25, 0.3) is 5.65 Å². The maximum atomic E-state index is 13.0. The van der Waals surface area contributed by atoms with Crippen molar-refractivity contribution in [2.45, 2.75) is 24.4 Å². The monoisotopic (exact) mass is 345 g/mol. The number of alkyl halides is 3. The molecular formula is C19H18F3N3. The van der Waals surface area contributed by atoms with E-state index in [1.54, 1.807) is 4.40 Å². The Labute approximate surface area is 143 Å². The summed E-state index contributed by atoms with van der Waals surface area (Å²) in [5.74, 6) is 0. The molecule has 1 fully saturated rings. The average molecular weight is 345 g/mol. The molecule has 1 saturated heterocycles. The molecule has 0 saturated carbocycles. The number of benzene rings is 1. The number of nitrogens with one attached hydrogen (secondary N) is 1. The third-order valence-electron chi connectivity index (χ3n) is 5.06. The van der Waals surface area contributed by atoms with Crippen molar-refractivity contribution in [1.82, 2.24) is 14.7 Å². The Hall–Kier alpha value is -2.34. The first kappa shape index (κ1) is 16.1. The first-order chi connectivity index (χ1) is 12.0. The van der Waals surface area contributed by atoms with Crippen LogP contribution < -0.4 is 5.32 Å². The highest BCUT2D eigenvalue weighted by molar-refractivity contribution is 5.47. The summed E-state index contributed by atoms with van der Waals surface area (Å²) >= 11 is 0. The zero-order valence-corrected chi connectivity index (χ0v) is 13.6. The topological polar surface area (TPSA) is 29.3 Å². The lowest BCUT2D eigenvalue weighted by Gasteiger charge is -2.37. The smallest absolute Gasteiger partial charge is 0.317 e. The van der Waals surface area contributed by atoms with Gasteiger partial charge in [-0.15, -0.1) is 0 Å². The molecule has 0 spiro atoms. The number of nitrogens with zero attached hydrogens (tertiary/aromatic N) is 2. The van der Waals surface area contributed by atoms with E-state index < -0.39 is 11.7 Å². The highest BCUT2D eigenvalue weighted by atomic mass is 19.4. The van der Waals surface area contributed by atoms with Crippen molar-refractivity contribution in [3.63, 3.8) is 0 Å². The summed E-state index contributed by atoms with van der Waals surface area (Å²) in [5, 5.41) is 3.36. The number of halogens is 3. The zero-order chi connectivity index (χ0) is 17.5. The van der Waals surface area contributed by atoms with Gasteiger partial charge >= 0.3 is 6.18 Å². The summed E-state index contributed by atoms with van der Waals surface area (Å²) in [6.45, 7) is 1.72. The minimum absolute atomic E-state index is 0.267. The highest BCUT2D eigenvalue weighted by Crippen LogP contribution is 2.40. The largest absolute Gasteiger partial charge is 0.416 e. The Bertz CT molecular complexity index is 878. The van der Waals surface area contributed by atoms with Gasteiger partial charge in [-0.2, -0.15) is 13.2 Å². The number of hydrogen-bond acceptors (Lipinski definition) is 2. The van der Waals surface area contributed by atoms with Crippen LogP contribution in [0.1, 0.15) is 29.7 Å². The van der Waals surface area contributed by atoms with Crippen molar-refractivity contribution in [2.24, 2.45) is 0 Å². The van der Waals surface area contributed by atoms with E-state index in [-0.39, 0.29) is 5.41 Å². The van der Waals surface area contributed by atoms with Gasteiger partial charge in [0.15, 0.2) is 0 Å². The van der Waals surface area contributed by atoms with Crippen molar-refractivity contribution in [3.8, 4) is 0 Å². The van der Waals surface area contributed by atoms with E-state index in [1.165, 1.54) is 6.20 Å². The molecule has 0 unspecified atom stereocenters. The molecule has 0 bridgehead atoms. The molecule has 1 aliphatic rings. The van der Waals surface area contributed by atoms with Gasteiger partial charge in [-0.05, 0) is 43.6 Å². The molecule has 25 heavy (non-hydrogen) atoms. The second kappa shape index (κ2) is 5.88. The minimum atomic E-state index is -4.36. The third kappa shape index (κ3) is 2.80. The fraction of sp³-hybridized carbons (Fsp3) is 0.316. The Morgan fingerprint density at radius 3 is 2.44 bits per heavy atom. The van der Waals surface area contributed by atoms with Crippen LogP contribution in [0.15, 0.2) is 54.9 Å². The van der Waals surface area contributed by atoms with E-state index in [0.29, 0.717) is 5.65 Å². The van der Waals surface area contributed by atoms with Crippen LogP contribution >= 0.6 is 0 Å². The number of fused-ring (bicyclic) bond motifs is 1. The SMILES string of the molecule is FC(F)(F)c1ccn2cc(C3(c4ccccc4)CCNCC3)nc2c1. The normalized spacial score (nSPS) is 17.7. The number of hydrogen-bond donors (Lipinski definition) is 1. The van der Waals surface area contributed by atoms with E-state index in [9.17, 15) is 13.2 Å². The Morgan fingerprint density at radius 2 is 1.76 bits per heavy atom. The van der Waals surface area contributed by atoms with Gasteiger partial charge in [-0.25, -0.2) is 4.98 Å². The fourth-order valence-corrected chi connectivity index (χ4v) is 3.69. The third-order valence-corrected chi connectivity index (χ3v) is 5.06. The molecule has 1 aliphatic heterocycles. The zero-order valence-electron chi connectivity index (χ0n) is 13.6. The van der Waals surface area contributed by atoms with Gasteiger partial charge in [0.2, 0.25) is 0 Å². The van der Waals surface area contributed by atoms with Crippen molar-refractivity contribution >= 4 is 5.65 Å². The van der Waals surface area contributed by atoms with Crippen LogP contribution in [0, 0.1) is 0 Å². The van der Waals surface area contributed by atoms with Crippen molar-refractivity contribution in [3.05, 3.63) is 71.7 Å². The van der Waals surface area contributed by atoms with Crippen LogP contribution in [-0.4, -0.2) is 22.5 Å². The van der Waals surface area contributed by atoms with Crippen LogP contribution in [0.2, 0.25) is 0 Å². The second-order valence-electron chi connectivity index (χ2n) is 6.50. The summed E-state index contributed by atoms with van der Waals surface area (Å²) in [6, 6.07) is 12.3. The standard InChI is InChI=1S/C19H18F3N3/c20-19(21,22)15-6-11-25-13-16(24-17(25)12-15)18(7-9-23-10-8-18)14-4-2-1-3-5-14/h1-6,11-13,23H,7-10H2. The second-order valence-corrected chi connectivity index (χ2v) is 6.50. The van der Waals surface area contributed by atoms with Gasteiger partial charge in [0.05, 0.1) is 11.3 Å². The van der Waals surface area contributed by atoms with E-state index in [0.717, 1.165) is 49.3 Å². The van der Waals surface area contributed by atoms with Gasteiger partial charge in [-0.1, -0.05) is 30.3 Å². The minimum Gasteiger partial charge on any atom is -0.317 e. The molecule has 130 valence electrons. The molecular weight excluding hydrogens is 327 g/mol. The maximum absolute atomic E-state index is 13.0.